The van der Waals surface area contributed by atoms with Crippen LogP contribution >= 0.6 is 11.6 Å². The molecule has 0 saturated heterocycles. The minimum Gasteiger partial charge on any atom is -0.458 e. The molecule has 0 radical (unpaired) electrons. The van der Waals surface area contributed by atoms with Crippen molar-refractivity contribution in [2.45, 2.75) is 32.4 Å². The first-order valence-electron chi connectivity index (χ1n) is 5.75. The molecule has 1 unspecified atom stereocenters. The van der Waals surface area contributed by atoms with Crippen LogP contribution in [0.1, 0.15) is 30.3 Å². The molecular weight excluding hydrogens is 238 g/mol. The van der Waals surface area contributed by atoms with Crippen LogP contribution in [0.5, 0.6) is 0 Å². The number of furan rings is 1. The van der Waals surface area contributed by atoms with Gasteiger partial charge in [0, 0.05) is 12.6 Å². The van der Waals surface area contributed by atoms with Gasteiger partial charge < -0.3 is 14.7 Å². The summed E-state index contributed by atoms with van der Waals surface area (Å²) in [5.41, 5.74) is 7.00. The van der Waals surface area contributed by atoms with Crippen molar-refractivity contribution in [1.82, 2.24) is 9.55 Å². The molecule has 5 heteroatoms. The number of fused-ring (bicyclic) bond motifs is 1. The molecule has 2 N–H and O–H groups in total. The van der Waals surface area contributed by atoms with Crippen LogP contribution in [0.3, 0.4) is 0 Å². The molecule has 17 heavy (non-hydrogen) atoms. The molecule has 3 heterocycles. The van der Waals surface area contributed by atoms with Gasteiger partial charge >= 0.3 is 0 Å². The Hall–Kier alpha value is -1.26. The van der Waals surface area contributed by atoms with Gasteiger partial charge in [0.05, 0.1) is 5.69 Å². The van der Waals surface area contributed by atoms with Crippen molar-refractivity contribution in [1.29, 1.82) is 0 Å². The smallest absolute Gasteiger partial charge is 0.177 e. The van der Waals surface area contributed by atoms with Crippen LogP contribution in [0.4, 0.5) is 0 Å². The molecule has 1 aliphatic rings. The van der Waals surface area contributed by atoms with Gasteiger partial charge in [-0.2, -0.15) is 0 Å². The molecule has 4 nitrogen and oxygen atoms in total. The Bertz CT molecular complexity index is 558. The molecule has 90 valence electrons. The summed E-state index contributed by atoms with van der Waals surface area (Å²) in [7, 11) is 0. The van der Waals surface area contributed by atoms with E-state index in [-0.39, 0.29) is 6.04 Å². The van der Waals surface area contributed by atoms with E-state index < -0.39 is 0 Å². The average molecular weight is 252 g/mol. The third-order valence-electron chi connectivity index (χ3n) is 3.17. The van der Waals surface area contributed by atoms with Crippen LogP contribution in [0, 0.1) is 6.92 Å². The molecule has 0 bridgehead atoms. The van der Waals surface area contributed by atoms with Gasteiger partial charge in [-0.15, -0.1) is 0 Å². The van der Waals surface area contributed by atoms with Gasteiger partial charge in [0.2, 0.25) is 0 Å². The maximum atomic E-state index is 6.16. The fraction of sp³-hybridized carbons (Fsp3) is 0.417. The summed E-state index contributed by atoms with van der Waals surface area (Å²) in [6.45, 7) is 2.81. The lowest BCUT2D eigenvalue weighted by molar-refractivity contribution is 0.459. The Labute approximate surface area is 104 Å². The van der Waals surface area contributed by atoms with Gasteiger partial charge in [-0.1, -0.05) is 11.6 Å². The second kappa shape index (κ2) is 3.89. The van der Waals surface area contributed by atoms with Crippen molar-refractivity contribution in [3.8, 4) is 11.6 Å². The lowest BCUT2D eigenvalue weighted by atomic mass is 10.1. The molecule has 0 spiro atoms. The third-order valence-corrected chi connectivity index (χ3v) is 3.45. The summed E-state index contributed by atoms with van der Waals surface area (Å²) < 4.78 is 7.68. The fourth-order valence-electron chi connectivity index (χ4n) is 2.36. The highest BCUT2D eigenvalue weighted by molar-refractivity contribution is 6.30. The van der Waals surface area contributed by atoms with E-state index >= 15 is 0 Å². The first-order chi connectivity index (χ1) is 8.16. The van der Waals surface area contributed by atoms with Crippen LogP contribution in [0.15, 0.2) is 16.5 Å². The Kier molecular flexibility index (Phi) is 2.49. The van der Waals surface area contributed by atoms with Crippen molar-refractivity contribution in [2.24, 2.45) is 5.73 Å². The van der Waals surface area contributed by atoms with Crippen LogP contribution in [-0.2, 0) is 6.54 Å². The molecular formula is C12H14ClN3O. The summed E-state index contributed by atoms with van der Waals surface area (Å²) >= 11 is 6.16. The van der Waals surface area contributed by atoms with E-state index in [1.54, 1.807) is 0 Å². The number of imidazole rings is 1. The van der Waals surface area contributed by atoms with Crippen LogP contribution in [0.2, 0.25) is 5.15 Å². The second-order valence-corrected chi connectivity index (χ2v) is 4.78. The Balaban J connectivity index is 2.16. The summed E-state index contributed by atoms with van der Waals surface area (Å²) in [6.07, 6.45) is 2.01. The number of aryl methyl sites for hydroxylation is 1. The molecule has 1 aliphatic heterocycles. The summed E-state index contributed by atoms with van der Waals surface area (Å²) in [6, 6.07) is 3.82. The van der Waals surface area contributed by atoms with E-state index in [0.717, 1.165) is 42.4 Å². The lowest BCUT2D eigenvalue weighted by Gasteiger charge is -2.21. The predicted molar refractivity (Wildman–Crippen MR) is 65.8 cm³/mol. The Morgan fingerprint density at radius 2 is 2.35 bits per heavy atom. The predicted octanol–water partition coefficient (Wildman–Crippen LogP) is 2.90. The van der Waals surface area contributed by atoms with Crippen molar-refractivity contribution in [2.75, 3.05) is 0 Å². The average Bonchev–Trinajstić information content (AvgIpc) is 2.84. The number of hydrogen-bond acceptors (Lipinski definition) is 3. The Morgan fingerprint density at radius 1 is 1.53 bits per heavy atom. The molecule has 3 rings (SSSR count). The number of rotatable bonds is 1. The van der Waals surface area contributed by atoms with Crippen molar-refractivity contribution in [3.63, 3.8) is 0 Å². The number of halogens is 1. The molecule has 1 atom stereocenters. The maximum absolute atomic E-state index is 6.16. The monoisotopic (exact) mass is 251 g/mol. The van der Waals surface area contributed by atoms with E-state index in [4.69, 9.17) is 21.8 Å². The first-order valence-corrected chi connectivity index (χ1v) is 6.13. The summed E-state index contributed by atoms with van der Waals surface area (Å²) in [5, 5.41) is 0.501. The highest BCUT2D eigenvalue weighted by Crippen LogP contribution is 2.34. The number of nitrogens with two attached hydrogens (primary N) is 1. The van der Waals surface area contributed by atoms with Crippen molar-refractivity contribution < 1.29 is 4.42 Å². The maximum Gasteiger partial charge on any atom is 0.177 e. The molecule has 0 aliphatic carbocycles. The largest absolute Gasteiger partial charge is 0.458 e. The highest BCUT2D eigenvalue weighted by atomic mass is 35.5. The normalized spacial score (nSPS) is 19.4. The molecule has 0 amide bonds. The molecule has 0 saturated carbocycles. The minimum atomic E-state index is -0.0199. The molecule has 0 fully saturated rings. The topological polar surface area (TPSA) is 57.0 Å². The van der Waals surface area contributed by atoms with Gasteiger partial charge in [0.1, 0.15) is 5.76 Å². The van der Waals surface area contributed by atoms with Crippen LogP contribution in [0.25, 0.3) is 11.6 Å². The van der Waals surface area contributed by atoms with E-state index in [1.165, 1.54) is 0 Å². The lowest BCUT2D eigenvalue weighted by Crippen LogP contribution is -2.21. The van der Waals surface area contributed by atoms with Gasteiger partial charge in [-0.25, -0.2) is 4.98 Å². The number of aromatic nitrogens is 2. The highest BCUT2D eigenvalue weighted by Gasteiger charge is 2.26. The number of hydrogen-bond donors (Lipinski definition) is 1. The van der Waals surface area contributed by atoms with E-state index in [9.17, 15) is 0 Å². The SMILES string of the molecule is Cc1ccc(-c2nc(Cl)c3n2CCCC3N)o1. The van der Waals surface area contributed by atoms with Crippen LogP contribution < -0.4 is 5.73 Å². The van der Waals surface area contributed by atoms with Gasteiger partial charge in [0.15, 0.2) is 16.7 Å². The second-order valence-electron chi connectivity index (χ2n) is 4.42. The fourth-order valence-corrected chi connectivity index (χ4v) is 2.69. The van der Waals surface area contributed by atoms with E-state index in [0.29, 0.717) is 5.15 Å². The van der Waals surface area contributed by atoms with Crippen molar-refractivity contribution >= 4 is 11.6 Å². The zero-order valence-corrected chi connectivity index (χ0v) is 10.4. The van der Waals surface area contributed by atoms with Gasteiger partial charge in [0.25, 0.3) is 0 Å². The first kappa shape index (κ1) is 10.9. The summed E-state index contributed by atoms with van der Waals surface area (Å²) in [4.78, 5) is 4.38. The minimum absolute atomic E-state index is 0.0199. The van der Waals surface area contributed by atoms with E-state index in [1.807, 2.05) is 19.1 Å². The number of nitrogens with zero attached hydrogens (tertiary/aromatic N) is 2. The standard InChI is InChI=1S/C12H14ClN3O/c1-7-4-5-9(17-7)12-15-11(13)10-8(14)3-2-6-16(10)12/h4-5,8H,2-3,6,14H2,1H3. The van der Waals surface area contributed by atoms with Crippen molar-refractivity contribution in [3.05, 3.63) is 28.7 Å². The van der Waals surface area contributed by atoms with Gasteiger partial charge in [-0.3, -0.25) is 0 Å². The Morgan fingerprint density at radius 3 is 3.06 bits per heavy atom. The van der Waals surface area contributed by atoms with Crippen LogP contribution in [-0.4, -0.2) is 9.55 Å². The third kappa shape index (κ3) is 1.68. The summed E-state index contributed by atoms with van der Waals surface area (Å²) in [5.74, 6) is 2.41. The molecule has 0 aromatic carbocycles. The zero-order valence-electron chi connectivity index (χ0n) is 9.61. The van der Waals surface area contributed by atoms with E-state index in [2.05, 4.69) is 9.55 Å². The quantitative estimate of drug-likeness (QED) is 0.848. The zero-order chi connectivity index (χ0) is 12.0. The van der Waals surface area contributed by atoms with Gasteiger partial charge in [-0.05, 0) is 31.9 Å². The molecule has 2 aromatic heterocycles. The molecule has 2 aromatic rings.